The lowest BCUT2D eigenvalue weighted by Gasteiger charge is -2.19. The molecule has 0 fully saturated rings. The number of halogens is 2. The lowest BCUT2D eigenvalue weighted by Crippen LogP contribution is -2.29. The van der Waals surface area contributed by atoms with Crippen LogP contribution in [-0.2, 0) is 11.4 Å². The van der Waals surface area contributed by atoms with E-state index in [1.165, 1.54) is 41.1 Å². The fourth-order valence-electron chi connectivity index (χ4n) is 3.89. The van der Waals surface area contributed by atoms with Gasteiger partial charge in [-0.3, -0.25) is 9.59 Å². The van der Waals surface area contributed by atoms with Crippen LogP contribution in [0.25, 0.3) is 16.9 Å². The molecule has 0 spiro atoms. The number of ether oxygens (including phenoxy) is 1. The number of carbonyl (C=O) groups is 2. The van der Waals surface area contributed by atoms with E-state index in [9.17, 15) is 23.6 Å². The van der Waals surface area contributed by atoms with E-state index in [1.807, 2.05) is 0 Å². The zero-order chi connectivity index (χ0) is 24.5. The van der Waals surface area contributed by atoms with Gasteiger partial charge in [-0.15, -0.1) is 0 Å². The van der Waals surface area contributed by atoms with Gasteiger partial charge in [0, 0.05) is 16.8 Å². The molecule has 2 heterocycles. The summed E-state index contributed by atoms with van der Waals surface area (Å²) in [6, 6.07) is 19.4. The molecular formula is C26H16F2N4O3. The van der Waals surface area contributed by atoms with Gasteiger partial charge in [0.15, 0.2) is 5.92 Å². The molecule has 0 radical (unpaired) electrons. The van der Waals surface area contributed by atoms with Crippen molar-refractivity contribution in [2.45, 2.75) is 6.61 Å². The molecule has 35 heavy (non-hydrogen) atoms. The third-order valence-corrected chi connectivity index (χ3v) is 5.57. The fraction of sp³-hybridized carbons (Fsp3) is 0.0769. The predicted octanol–water partition coefficient (Wildman–Crippen LogP) is 4.67. The van der Waals surface area contributed by atoms with E-state index < -0.39 is 29.2 Å². The molecule has 5 rings (SSSR count). The van der Waals surface area contributed by atoms with Crippen molar-refractivity contribution in [3.8, 4) is 28.8 Å². The van der Waals surface area contributed by atoms with Gasteiger partial charge in [-0.2, -0.15) is 10.4 Å². The maximum Gasteiger partial charge on any atom is 0.249 e. The van der Waals surface area contributed by atoms with E-state index in [2.05, 4.69) is 10.4 Å². The Bertz CT molecular complexity index is 1490. The number of hydrogen-bond donors (Lipinski definition) is 1. The first-order valence-electron chi connectivity index (χ1n) is 10.6. The van der Waals surface area contributed by atoms with Crippen molar-refractivity contribution in [3.63, 3.8) is 0 Å². The molecule has 4 aromatic rings. The van der Waals surface area contributed by atoms with Crippen LogP contribution < -0.4 is 10.1 Å². The minimum atomic E-state index is -1.71. The molecule has 1 amide bonds. The minimum Gasteiger partial charge on any atom is -0.488 e. The van der Waals surface area contributed by atoms with Gasteiger partial charge in [-0.25, -0.2) is 13.5 Å². The van der Waals surface area contributed by atoms with Gasteiger partial charge in [0.1, 0.15) is 29.7 Å². The first-order chi connectivity index (χ1) is 17.0. The molecule has 0 aliphatic carbocycles. The normalized spacial score (nSPS) is 12.5. The molecule has 3 aromatic carbocycles. The molecule has 1 unspecified atom stereocenters. The number of aromatic nitrogens is 2. The molecule has 9 heteroatoms. The number of para-hydroxylation sites is 1. The van der Waals surface area contributed by atoms with Crippen LogP contribution in [-0.4, -0.2) is 21.5 Å². The number of rotatable bonds is 5. The van der Waals surface area contributed by atoms with Gasteiger partial charge >= 0.3 is 0 Å². The first kappa shape index (κ1) is 22.0. The smallest absolute Gasteiger partial charge is 0.249 e. The van der Waals surface area contributed by atoms with E-state index in [0.717, 1.165) is 12.1 Å². The standard InChI is InChI=1S/C26H16F2N4O3/c27-15-5-9-17(10-6-15)30-26(34)20(13-29)25(33)23-21-14-35-22-4-2-1-3-19(22)24(21)32(31-23)18-11-7-16(28)8-12-18/h1-12,20H,14H2,(H,30,34). The Morgan fingerprint density at radius 1 is 1.00 bits per heavy atom. The van der Waals surface area contributed by atoms with Crippen LogP contribution in [0, 0.1) is 28.9 Å². The Balaban J connectivity index is 1.57. The first-order valence-corrected chi connectivity index (χ1v) is 10.6. The van der Waals surface area contributed by atoms with Crippen LogP contribution in [0.3, 0.4) is 0 Å². The topological polar surface area (TPSA) is 97.0 Å². The second-order valence-electron chi connectivity index (χ2n) is 7.77. The molecule has 1 aliphatic rings. The van der Waals surface area contributed by atoms with Crippen molar-refractivity contribution < 1.29 is 23.1 Å². The average molecular weight is 470 g/mol. The van der Waals surface area contributed by atoms with Crippen LogP contribution in [0.2, 0.25) is 0 Å². The minimum absolute atomic E-state index is 0.00759. The van der Waals surface area contributed by atoms with Crippen molar-refractivity contribution >= 4 is 17.4 Å². The summed E-state index contributed by atoms with van der Waals surface area (Å²) in [5.74, 6) is -3.74. The molecule has 0 saturated heterocycles. The molecular weight excluding hydrogens is 454 g/mol. The monoisotopic (exact) mass is 470 g/mol. The Kier molecular flexibility index (Phi) is 5.55. The number of nitrogens with one attached hydrogen (secondary N) is 1. The van der Waals surface area contributed by atoms with Crippen LogP contribution in [0.5, 0.6) is 5.75 Å². The Hall–Kier alpha value is -4.84. The summed E-state index contributed by atoms with van der Waals surface area (Å²) in [5.41, 5.74) is 2.25. The number of carbonyl (C=O) groups excluding carboxylic acids is 2. The third-order valence-electron chi connectivity index (χ3n) is 5.57. The number of hydrogen-bond acceptors (Lipinski definition) is 5. The second kappa shape index (κ2) is 8.83. The third kappa shape index (κ3) is 4.02. The molecule has 7 nitrogen and oxygen atoms in total. The molecule has 1 aliphatic heterocycles. The lowest BCUT2D eigenvalue weighted by molar-refractivity contribution is -0.117. The van der Waals surface area contributed by atoms with Crippen LogP contribution in [0.1, 0.15) is 16.1 Å². The van der Waals surface area contributed by atoms with E-state index in [1.54, 1.807) is 30.3 Å². The zero-order valence-electron chi connectivity index (χ0n) is 18.0. The number of nitriles is 1. The Morgan fingerprint density at radius 3 is 2.34 bits per heavy atom. The molecule has 1 aromatic heterocycles. The van der Waals surface area contributed by atoms with Crippen LogP contribution in [0.4, 0.5) is 14.5 Å². The van der Waals surface area contributed by atoms with Gasteiger partial charge in [-0.05, 0) is 60.7 Å². The number of Topliss-reactive ketones (excluding diaryl/α,β-unsaturated/α-hetero) is 1. The summed E-state index contributed by atoms with van der Waals surface area (Å²) in [6.07, 6.45) is 0. The zero-order valence-corrected chi connectivity index (χ0v) is 18.0. The summed E-state index contributed by atoms with van der Waals surface area (Å²) in [6.45, 7) is -0.00759. The molecule has 1 N–H and O–H groups in total. The highest BCUT2D eigenvalue weighted by molar-refractivity contribution is 6.15. The quantitative estimate of drug-likeness (QED) is 0.338. The van der Waals surface area contributed by atoms with Gasteiger partial charge in [0.25, 0.3) is 0 Å². The largest absolute Gasteiger partial charge is 0.488 e. The highest BCUT2D eigenvalue weighted by Gasteiger charge is 2.36. The van der Waals surface area contributed by atoms with Crippen molar-refractivity contribution in [1.82, 2.24) is 9.78 Å². The predicted molar refractivity (Wildman–Crippen MR) is 122 cm³/mol. The van der Waals surface area contributed by atoms with Gasteiger partial charge in [0.05, 0.1) is 17.5 Å². The van der Waals surface area contributed by atoms with E-state index in [4.69, 9.17) is 4.74 Å². The van der Waals surface area contributed by atoms with Gasteiger partial charge < -0.3 is 10.1 Å². The summed E-state index contributed by atoms with van der Waals surface area (Å²) in [4.78, 5) is 26.2. The maximum absolute atomic E-state index is 13.6. The summed E-state index contributed by atoms with van der Waals surface area (Å²) < 4.78 is 34.0. The van der Waals surface area contributed by atoms with Crippen molar-refractivity contribution in [1.29, 1.82) is 5.26 Å². The molecule has 172 valence electrons. The van der Waals surface area contributed by atoms with Crippen molar-refractivity contribution in [2.75, 3.05) is 5.32 Å². The van der Waals surface area contributed by atoms with Gasteiger partial charge in [0.2, 0.25) is 11.7 Å². The highest BCUT2D eigenvalue weighted by atomic mass is 19.1. The number of anilines is 1. The second-order valence-corrected chi connectivity index (χ2v) is 7.77. The van der Waals surface area contributed by atoms with Crippen molar-refractivity contribution in [2.24, 2.45) is 5.92 Å². The summed E-state index contributed by atoms with van der Waals surface area (Å²) in [5, 5.41) is 16.6. The average Bonchev–Trinajstić information content (AvgIpc) is 3.26. The SMILES string of the molecule is N#CC(C(=O)Nc1ccc(F)cc1)C(=O)c1nn(-c2ccc(F)cc2)c2c1COc1ccccc1-2. The van der Waals surface area contributed by atoms with E-state index >= 15 is 0 Å². The molecule has 0 bridgehead atoms. The fourth-order valence-corrected chi connectivity index (χ4v) is 3.89. The highest BCUT2D eigenvalue weighted by Crippen LogP contribution is 2.40. The van der Waals surface area contributed by atoms with Crippen molar-refractivity contribution in [3.05, 3.63) is 95.7 Å². The number of fused-ring (bicyclic) bond motifs is 3. The van der Waals surface area contributed by atoms with E-state index in [0.29, 0.717) is 28.3 Å². The van der Waals surface area contributed by atoms with Gasteiger partial charge in [-0.1, -0.05) is 12.1 Å². The Morgan fingerprint density at radius 2 is 1.66 bits per heavy atom. The summed E-state index contributed by atoms with van der Waals surface area (Å²) in [7, 11) is 0. The number of amides is 1. The molecule has 1 atom stereocenters. The summed E-state index contributed by atoms with van der Waals surface area (Å²) >= 11 is 0. The Labute approximate surface area is 198 Å². The van der Waals surface area contributed by atoms with E-state index in [-0.39, 0.29) is 18.0 Å². The maximum atomic E-state index is 13.6. The number of nitrogens with zero attached hydrogens (tertiary/aromatic N) is 3. The molecule has 0 saturated carbocycles. The number of benzene rings is 3. The van der Waals surface area contributed by atoms with Crippen LogP contribution >= 0.6 is 0 Å². The lowest BCUT2D eigenvalue weighted by atomic mass is 9.96. The number of ketones is 1. The van der Waals surface area contributed by atoms with Crippen LogP contribution in [0.15, 0.2) is 72.8 Å².